The second-order valence-corrected chi connectivity index (χ2v) is 5.30. The molecule has 0 aliphatic carbocycles. The zero-order chi connectivity index (χ0) is 13.8. The van der Waals surface area contributed by atoms with Crippen molar-refractivity contribution in [3.8, 4) is 5.75 Å². The monoisotopic (exact) mass is 276 g/mol. The summed E-state index contributed by atoms with van der Waals surface area (Å²) in [6, 6.07) is 5.80. The number of nitrogens with zero attached hydrogens (tertiary/aromatic N) is 2. The van der Waals surface area contributed by atoms with Crippen molar-refractivity contribution in [1.82, 2.24) is 4.98 Å². The Morgan fingerprint density at radius 2 is 2.21 bits per heavy atom. The number of benzene rings is 1. The Hall–Kier alpha value is -1.88. The van der Waals surface area contributed by atoms with Crippen LogP contribution in [0.25, 0.3) is 0 Å². The van der Waals surface area contributed by atoms with E-state index in [9.17, 15) is 0 Å². The molecule has 0 atom stereocenters. The van der Waals surface area contributed by atoms with Gasteiger partial charge in [-0.1, -0.05) is 16.8 Å². The van der Waals surface area contributed by atoms with Gasteiger partial charge in [0.05, 0.1) is 5.71 Å². The molecule has 19 heavy (non-hydrogen) atoms. The third kappa shape index (κ3) is 3.32. The summed E-state index contributed by atoms with van der Waals surface area (Å²) in [5.74, 6) is 0.703. The lowest BCUT2D eigenvalue weighted by Crippen LogP contribution is -2.03. The van der Waals surface area contributed by atoms with Gasteiger partial charge in [0.2, 0.25) is 0 Å². The van der Waals surface area contributed by atoms with Crippen LogP contribution in [-0.4, -0.2) is 15.9 Å². The van der Waals surface area contributed by atoms with Crippen molar-refractivity contribution in [1.29, 1.82) is 0 Å². The van der Waals surface area contributed by atoms with Crippen molar-refractivity contribution in [2.75, 3.05) is 0 Å². The Morgan fingerprint density at radius 3 is 2.84 bits per heavy atom. The van der Waals surface area contributed by atoms with Crippen LogP contribution in [0, 0.1) is 13.8 Å². The Morgan fingerprint density at radius 1 is 1.42 bits per heavy atom. The number of oxime groups is 1. The van der Waals surface area contributed by atoms with Crippen LogP contribution in [0.2, 0.25) is 0 Å². The third-order valence-electron chi connectivity index (χ3n) is 2.69. The van der Waals surface area contributed by atoms with Gasteiger partial charge in [0.15, 0.2) is 0 Å². The van der Waals surface area contributed by atoms with Gasteiger partial charge in [0.25, 0.3) is 0 Å². The minimum Gasteiger partial charge on any atom is -0.486 e. The number of hydrogen-bond acceptors (Lipinski definition) is 5. The molecule has 0 aliphatic rings. The van der Waals surface area contributed by atoms with Gasteiger partial charge < -0.3 is 9.94 Å². The summed E-state index contributed by atoms with van der Waals surface area (Å²) < 4.78 is 5.77. The second kappa shape index (κ2) is 5.84. The highest BCUT2D eigenvalue weighted by Crippen LogP contribution is 2.22. The highest BCUT2D eigenvalue weighted by atomic mass is 32.1. The van der Waals surface area contributed by atoms with E-state index in [1.165, 1.54) is 0 Å². The molecule has 0 saturated heterocycles. The quantitative estimate of drug-likeness (QED) is 0.528. The first-order valence-electron chi connectivity index (χ1n) is 5.93. The van der Waals surface area contributed by atoms with Gasteiger partial charge in [-0.15, -0.1) is 11.3 Å². The van der Waals surface area contributed by atoms with Gasteiger partial charge in [-0.3, -0.25) is 0 Å². The lowest BCUT2D eigenvalue weighted by Gasteiger charge is -2.10. The molecule has 0 radical (unpaired) electrons. The first-order valence-corrected chi connectivity index (χ1v) is 6.81. The molecular weight excluding hydrogens is 260 g/mol. The molecule has 0 fully saturated rings. The third-order valence-corrected chi connectivity index (χ3v) is 3.63. The molecule has 1 aromatic heterocycles. The summed E-state index contributed by atoms with van der Waals surface area (Å²) in [4.78, 5) is 4.35. The van der Waals surface area contributed by atoms with Crippen LogP contribution >= 0.6 is 11.3 Å². The topological polar surface area (TPSA) is 54.7 Å². The van der Waals surface area contributed by atoms with Crippen LogP contribution < -0.4 is 4.74 Å². The number of rotatable bonds is 4. The molecule has 4 nitrogen and oxygen atoms in total. The number of hydrogen-bond donors (Lipinski definition) is 1. The Labute approximate surface area is 116 Å². The minimum atomic E-state index is 0.424. The number of aryl methyl sites for hydroxylation is 2. The predicted octanol–water partition coefficient (Wildman–Crippen LogP) is 3.54. The molecule has 0 aliphatic heterocycles. The fourth-order valence-corrected chi connectivity index (χ4v) is 2.40. The molecule has 2 rings (SSSR count). The van der Waals surface area contributed by atoms with Crippen LogP contribution in [0.15, 0.2) is 28.7 Å². The predicted molar refractivity (Wildman–Crippen MR) is 76.4 cm³/mol. The SMILES string of the molecule is CC(=NO)c1cc(C)ccc1OCc1nc(C)cs1. The van der Waals surface area contributed by atoms with Crippen molar-refractivity contribution < 1.29 is 9.94 Å². The van der Waals surface area contributed by atoms with Gasteiger partial charge in [-0.05, 0) is 32.9 Å². The van der Waals surface area contributed by atoms with E-state index < -0.39 is 0 Å². The zero-order valence-corrected chi connectivity index (χ0v) is 12.0. The van der Waals surface area contributed by atoms with Crippen LogP contribution in [0.5, 0.6) is 5.75 Å². The van der Waals surface area contributed by atoms with Crippen molar-refractivity contribution in [3.05, 3.63) is 45.4 Å². The van der Waals surface area contributed by atoms with E-state index in [1.807, 2.05) is 37.4 Å². The summed E-state index contributed by atoms with van der Waals surface area (Å²) in [7, 11) is 0. The first-order chi connectivity index (χ1) is 9.10. The molecule has 0 spiro atoms. The molecule has 1 heterocycles. The van der Waals surface area contributed by atoms with Crippen molar-refractivity contribution >= 4 is 17.0 Å². The minimum absolute atomic E-state index is 0.424. The lowest BCUT2D eigenvalue weighted by molar-refractivity contribution is 0.302. The summed E-state index contributed by atoms with van der Waals surface area (Å²) in [6.07, 6.45) is 0. The fourth-order valence-electron chi connectivity index (χ4n) is 1.71. The van der Waals surface area contributed by atoms with Gasteiger partial charge in [0, 0.05) is 16.6 Å². The van der Waals surface area contributed by atoms with Gasteiger partial charge in [0.1, 0.15) is 17.4 Å². The standard InChI is InChI=1S/C14H16N2O2S/c1-9-4-5-13(12(6-9)11(3)16-17)18-7-14-15-10(2)8-19-14/h4-6,8,17H,7H2,1-3H3. The van der Waals surface area contributed by atoms with Crippen molar-refractivity contribution in [2.24, 2.45) is 5.16 Å². The van der Waals surface area contributed by atoms with E-state index in [2.05, 4.69) is 10.1 Å². The first kappa shape index (κ1) is 13.5. The average Bonchev–Trinajstić information content (AvgIpc) is 2.82. The largest absolute Gasteiger partial charge is 0.486 e. The number of thiazole rings is 1. The van der Waals surface area contributed by atoms with Gasteiger partial charge in [-0.2, -0.15) is 0 Å². The maximum atomic E-state index is 8.91. The molecule has 0 saturated carbocycles. The van der Waals surface area contributed by atoms with E-state index in [-0.39, 0.29) is 0 Å². The van der Waals surface area contributed by atoms with Crippen LogP contribution in [0.4, 0.5) is 0 Å². The normalized spacial score (nSPS) is 11.6. The summed E-state index contributed by atoms with van der Waals surface area (Å²) >= 11 is 1.58. The summed E-state index contributed by atoms with van der Waals surface area (Å²) in [5, 5.41) is 15.1. The van der Waals surface area contributed by atoms with E-state index >= 15 is 0 Å². The van der Waals surface area contributed by atoms with Crippen LogP contribution in [0.3, 0.4) is 0 Å². The highest BCUT2D eigenvalue weighted by molar-refractivity contribution is 7.09. The molecule has 5 heteroatoms. The fraction of sp³-hybridized carbons (Fsp3) is 0.286. The zero-order valence-electron chi connectivity index (χ0n) is 11.2. The van der Waals surface area contributed by atoms with E-state index in [0.717, 1.165) is 21.8 Å². The molecule has 0 amide bonds. The van der Waals surface area contributed by atoms with Crippen LogP contribution in [-0.2, 0) is 6.61 Å². The molecule has 0 unspecified atom stereocenters. The van der Waals surface area contributed by atoms with Crippen molar-refractivity contribution in [2.45, 2.75) is 27.4 Å². The Kier molecular flexibility index (Phi) is 4.16. The number of aromatic nitrogens is 1. The lowest BCUT2D eigenvalue weighted by atomic mass is 10.1. The van der Waals surface area contributed by atoms with E-state index in [0.29, 0.717) is 18.1 Å². The number of ether oxygens (including phenoxy) is 1. The van der Waals surface area contributed by atoms with Gasteiger partial charge in [-0.25, -0.2) is 4.98 Å². The summed E-state index contributed by atoms with van der Waals surface area (Å²) in [6.45, 7) is 6.12. The smallest absolute Gasteiger partial charge is 0.140 e. The molecule has 0 bridgehead atoms. The maximum Gasteiger partial charge on any atom is 0.140 e. The molecule has 1 aromatic carbocycles. The molecule has 1 N–H and O–H groups in total. The Bertz CT molecular complexity index is 605. The summed E-state index contributed by atoms with van der Waals surface area (Å²) in [5.41, 5.74) is 3.43. The molecule has 100 valence electrons. The maximum absolute atomic E-state index is 8.91. The van der Waals surface area contributed by atoms with Crippen molar-refractivity contribution in [3.63, 3.8) is 0 Å². The van der Waals surface area contributed by atoms with Gasteiger partial charge >= 0.3 is 0 Å². The van der Waals surface area contributed by atoms with E-state index in [1.54, 1.807) is 18.3 Å². The average molecular weight is 276 g/mol. The Balaban J connectivity index is 2.20. The van der Waals surface area contributed by atoms with E-state index in [4.69, 9.17) is 9.94 Å². The van der Waals surface area contributed by atoms with Crippen LogP contribution in [0.1, 0.15) is 28.8 Å². The molecular formula is C14H16N2O2S. The second-order valence-electron chi connectivity index (χ2n) is 4.36. The molecule has 2 aromatic rings. The highest BCUT2D eigenvalue weighted by Gasteiger charge is 2.09.